The Kier molecular flexibility index (Phi) is 1.70. The van der Waals surface area contributed by atoms with E-state index in [1.54, 1.807) is 6.07 Å². The van der Waals surface area contributed by atoms with Gasteiger partial charge >= 0.3 is 0 Å². The first-order valence-corrected chi connectivity index (χ1v) is 3.58. The normalized spacial score (nSPS) is 10.2. The van der Waals surface area contributed by atoms with Crippen LogP contribution >= 0.6 is 0 Å². The summed E-state index contributed by atoms with van der Waals surface area (Å²) < 4.78 is 17.9. The predicted octanol–water partition coefficient (Wildman–Crippen LogP) is 1.46. The predicted molar refractivity (Wildman–Crippen MR) is 44.1 cm³/mol. The molecule has 2 N–H and O–H groups in total. The van der Waals surface area contributed by atoms with Gasteiger partial charge in [-0.1, -0.05) is 0 Å². The largest absolute Gasteiger partial charge is 0.472 e. The molecule has 0 atom stereocenters. The number of anilines is 1. The molecule has 0 amide bonds. The Bertz CT molecular complexity index is 413. The standard InChI is InChI=1S/C8H6FN3O/c9-6-3-11-8(10)12-7(6)5-1-2-13-4-5/h1-4H,(H2,10,11,12). The van der Waals surface area contributed by atoms with Crippen molar-refractivity contribution < 1.29 is 8.81 Å². The fourth-order valence-electron chi connectivity index (χ4n) is 0.982. The van der Waals surface area contributed by atoms with Crippen molar-refractivity contribution in [2.45, 2.75) is 0 Å². The molecule has 13 heavy (non-hydrogen) atoms. The topological polar surface area (TPSA) is 64.9 Å². The third-order valence-electron chi connectivity index (χ3n) is 1.56. The Labute approximate surface area is 73.2 Å². The third-order valence-corrected chi connectivity index (χ3v) is 1.56. The van der Waals surface area contributed by atoms with Gasteiger partial charge in [-0.3, -0.25) is 0 Å². The van der Waals surface area contributed by atoms with Crippen LogP contribution in [0.2, 0.25) is 0 Å². The van der Waals surface area contributed by atoms with E-state index in [2.05, 4.69) is 9.97 Å². The Hall–Kier alpha value is -1.91. The van der Waals surface area contributed by atoms with E-state index in [9.17, 15) is 4.39 Å². The van der Waals surface area contributed by atoms with Gasteiger partial charge in [0.05, 0.1) is 18.7 Å². The number of aromatic nitrogens is 2. The van der Waals surface area contributed by atoms with Gasteiger partial charge in [0, 0.05) is 5.56 Å². The van der Waals surface area contributed by atoms with Crippen LogP contribution in [-0.4, -0.2) is 9.97 Å². The number of rotatable bonds is 1. The first-order valence-electron chi connectivity index (χ1n) is 3.58. The maximum absolute atomic E-state index is 13.1. The zero-order chi connectivity index (χ0) is 9.26. The highest BCUT2D eigenvalue weighted by molar-refractivity contribution is 5.58. The molecular formula is C8H6FN3O. The number of nitrogens with zero attached hydrogens (tertiary/aromatic N) is 2. The highest BCUT2D eigenvalue weighted by Gasteiger charge is 2.08. The SMILES string of the molecule is Nc1ncc(F)c(-c2ccoc2)n1. The van der Waals surface area contributed by atoms with Gasteiger partial charge in [0.2, 0.25) is 5.95 Å². The summed E-state index contributed by atoms with van der Waals surface area (Å²) in [7, 11) is 0. The summed E-state index contributed by atoms with van der Waals surface area (Å²) in [6.07, 6.45) is 3.86. The fourth-order valence-corrected chi connectivity index (χ4v) is 0.982. The van der Waals surface area contributed by atoms with Gasteiger partial charge < -0.3 is 10.2 Å². The second-order valence-electron chi connectivity index (χ2n) is 2.44. The van der Waals surface area contributed by atoms with Crippen LogP contribution in [0.15, 0.2) is 29.2 Å². The quantitative estimate of drug-likeness (QED) is 0.719. The number of hydrogen-bond donors (Lipinski definition) is 1. The Balaban J connectivity index is 2.57. The van der Waals surface area contributed by atoms with Crippen molar-refractivity contribution in [2.75, 3.05) is 5.73 Å². The van der Waals surface area contributed by atoms with Gasteiger partial charge in [0.1, 0.15) is 5.69 Å². The van der Waals surface area contributed by atoms with Gasteiger partial charge in [-0.05, 0) is 6.07 Å². The average molecular weight is 179 g/mol. The Morgan fingerprint density at radius 2 is 2.31 bits per heavy atom. The summed E-state index contributed by atoms with van der Waals surface area (Å²) in [4.78, 5) is 7.26. The second kappa shape index (κ2) is 2.85. The maximum atomic E-state index is 13.1. The van der Waals surface area contributed by atoms with Crippen LogP contribution < -0.4 is 5.73 Å². The van der Waals surface area contributed by atoms with Gasteiger partial charge in [-0.2, -0.15) is 0 Å². The van der Waals surface area contributed by atoms with Crippen LogP contribution in [0.1, 0.15) is 0 Å². The Morgan fingerprint density at radius 3 is 3.00 bits per heavy atom. The molecule has 0 aromatic carbocycles. The molecule has 4 nitrogen and oxygen atoms in total. The molecule has 2 aromatic rings. The maximum Gasteiger partial charge on any atom is 0.220 e. The van der Waals surface area contributed by atoms with E-state index in [1.165, 1.54) is 12.5 Å². The van der Waals surface area contributed by atoms with E-state index in [0.717, 1.165) is 6.20 Å². The molecule has 0 radical (unpaired) electrons. The smallest absolute Gasteiger partial charge is 0.220 e. The molecule has 0 aliphatic rings. The molecule has 0 saturated heterocycles. The molecule has 0 spiro atoms. The van der Waals surface area contributed by atoms with Crippen LogP contribution in [0.4, 0.5) is 10.3 Å². The van der Waals surface area contributed by atoms with Crippen molar-refractivity contribution in [1.82, 2.24) is 9.97 Å². The first-order chi connectivity index (χ1) is 6.27. The molecule has 0 saturated carbocycles. The molecule has 0 aliphatic carbocycles. The molecule has 5 heteroatoms. The van der Waals surface area contributed by atoms with Crippen molar-refractivity contribution in [3.63, 3.8) is 0 Å². The molecule has 0 bridgehead atoms. The zero-order valence-electron chi connectivity index (χ0n) is 6.57. The van der Waals surface area contributed by atoms with E-state index in [1.807, 2.05) is 0 Å². The number of furan rings is 1. The van der Waals surface area contributed by atoms with Crippen molar-refractivity contribution in [2.24, 2.45) is 0 Å². The summed E-state index contributed by atoms with van der Waals surface area (Å²) in [6, 6.07) is 1.60. The lowest BCUT2D eigenvalue weighted by Gasteiger charge is -1.98. The highest BCUT2D eigenvalue weighted by Crippen LogP contribution is 2.20. The highest BCUT2D eigenvalue weighted by atomic mass is 19.1. The van der Waals surface area contributed by atoms with E-state index in [0.29, 0.717) is 5.56 Å². The van der Waals surface area contributed by atoms with E-state index in [4.69, 9.17) is 10.2 Å². The molecule has 0 aliphatic heterocycles. The number of halogens is 1. The minimum Gasteiger partial charge on any atom is -0.472 e. The second-order valence-corrected chi connectivity index (χ2v) is 2.44. The van der Waals surface area contributed by atoms with E-state index >= 15 is 0 Å². The summed E-state index contributed by atoms with van der Waals surface area (Å²) in [6.45, 7) is 0. The fraction of sp³-hybridized carbons (Fsp3) is 0. The van der Waals surface area contributed by atoms with Gasteiger partial charge in [0.25, 0.3) is 0 Å². The minimum absolute atomic E-state index is 0.0394. The number of hydrogen-bond acceptors (Lipinski definition) is 4. The van der Waals surface area contributed by atoms with Gasteiger partial charge in [-0.15, -0.1) is 0 Å². The Morgan fingerprint density at radius 1 is 1.46 bits per heavy atom. The van der Waals surface area contributed by atoms with Crippen LogP contribution in [0, 0.1) is 5.82 Å². The lowest BCUT2D eigenvalue weighted by molar-refractivity contribution is 0.567. The van der Waals surface area contributed by atoms with Crippen LogP contribution in [0.25, 0.3) is 11.3 Å². The number of nitrogens with two attached hydrogens (primary N) is 1. The molecule has 2 aromatic heterocycles. The van der Waals surface area contributed by atoms with E-state index in [-0.39, 0.29) is 11.6 Å². The monoisotopic (exact) mass is 179 g/mol. The molecule has 2 heterocycles. The average Bonchev–Trinajstić information content (AvgIpc) is 2.61. The summed E-state index contributed by atoms with van der Waals surface area (Å²) >= 11 is 0. The van der Waals surface area contributed by atoms with Crippen molar-refractivity contribution in [3.05, 3.63) is 30.6 Å². The molecule has 66 valence electrons. The summed E-state index contributed by atoms with van der Waals surface area (Å²) in [5, 5.41) is 0. The molecular weight excluding hydrogens is 173 g/mol. The van der Waals surface area contributed by atoms with Crippen LogP contribution in [0.3, 0.4) is 0 Å². The van der Waals surface area contributed by atoms with Crippen LogP contribution in [-0.2, 0) is 0 Å². The van der Waals surface area contributed by atoms with Crippen molar-refractivity contribution in [1.29, 1.82) is 0 Å². The minimum atomic E-state index is -0.518. The summed E-state index contributed by atoms with van der Waals surface area (Å²) in [5.41, 5.74) is 6.02. The lowest BCUT2D eigenvalue weighted by atomic mass is 10.2. The molecule has 0 unspecified atom stereocenters. The van der Waals surface area contributed by atoms with Gasteiger partial charge in [0.15, 0.2) is 5.82 Å². The lowest BCUT2D eigenvalue weighted by Crippen LogP contribution is -1.98. The van der Waals surface area contributed by atoms with Crippen molar-refractivity contribution >= 4 is 5.95 Å². The molecule has 0 fully saturated rings. The zero-order valence-corrected chi connectivity index (χ0v) is 6.57. The summed E-state index contributed by atoms with van der Waals surface area (Å²) in [5.74, 6) is -0.479. The number of nitrogen functional groups attached to an aromatic ring is 1. The van der Waals surface area contributed by atoms with E-state index < -0.39 is 5.82 Å². The third kappa shape index (κ3) is 1.35. The van der Waals surface area contributed by atoms with Gasteiger partial charge in [-0.25, -0.2) is 14.4 Å². The van der Waals surface area contributed by atoms with Crippen molar-refractivity contribution in [3.8, 4) is 11.3 Å². The first kappa shape index (κ1) is 7.72. The molecule has 2 rings (SSSR count). The van der Waals surface area contributed by atoms with Crippen LogP contribution in [0.5, 0.6) is 0 Å².